The minimum Gasteiger partial charge on any atom is -0.310 e. The van der Waals surface area contributed by atoms with Crippen LogP contribution >= 0.6 is 11.3 Å². The quantitative estimate of drug-likeness (QED) is 0.166. The van der Waals surface area contributed by atoms with Crippen molar-refractivity contribution in [3.8, 4) is 27.9 Å². The van der Waals surface area contributed by atoms with Gasteiger partial charge >= 0.3 is 0 Å². The Balaban J connectivity index is 1.08. The van der Waals surface area contributed by atoms with Crippen LogP contribution in [0.4, 0.5) is 17.1 Å². The molecule has 11 aromatic rings. The molecule has 258 valence electrons. The largest absolute Gasteiger partial charge is 0.310 e. The van der Waals surface area contributed by atoms with E-state index < -0.39 is 0 Å². The Labute approximate surface area is 323 Å². The lowest BCUT2D eigenvalue weighted by Gasteiger charge is -2.28. The van der Waals surface area contributed by atoms with Gasteiger partial charge in [-0.25, -0.2) is 0 Å². The normalized spacial score (nSPS) is 11.6. The lowest BCUT2D eigenvalue weighted by molar-refractivity contribution is 1.19. The first kappa shape index (κ1) is 31.6. The van der Waals surface area contributed by atoms with E-state index in [2.05, 4.69) is 216 Å². The van der Waals surface area contributed by atoms with Crippen LogP contribution in [0.5, 0.6) is 0 Å². The van der Waals surface area contributed by atoms with Crippen LogP contribution in [0.25, 0.3) is 80.7 Å². The molecule has 0 saturated carbocycles. The molecule has 2 nitrogen and oxygen atoms in total. The topological polar surface area (TPSA) is 8.17 Å². The summed E-state index contributed by atoms with van der Waals surface area (Å²) in [6, 6.07) is 75.2. The highest BCUT2D eigenvalue weighted by atomic mass is 32.1. The van der Waals surface area contributed by atoms with Gasteiger partial charge in [0.05, 0.1) is 16.7 Å². The van der Waals surface area contributed by atoms with E-state index in [-0.39, 0.29) is 0 Å². The van der Waals surface area contributed by atoms with Gasteiger partial charge in [-0.1, -0.05) is 140 Å². The van der Waals surface area contributed by atoms with Crippen LogP contribution in [0.15, 0.2) is 206 Å². The first-order valence-electron chi connectivity index (χ1n) is 18.8. The van der Waals surface area contributed by atoms with Gasteiger partial charge in [0.2, 0.25) is 0 Å². The van der Waals surface area contributed by atoms with E-state index in [1.165, 1.54) is 80.7 Å². The molecule has 0 atom stereocenters. The zero-order chi connectivity index (χ0) is 36.3. The number of nitrogens with zero attached hydrogens (tertiary/aromatic N) is 2. The number of hydrogen-bond donors (Lipinski definition) is 0. The lowest BCUT2D eigenvalue weighted by Crippen LogP contribution is -2.11. The molecule has 0 bridgehead atoms. The minimum absolute atomic E-state index is 1.11. The van der Waals surface area contributed by atoms with Crippen molar-refractivity contribution in [2.45, 2.75) is 0 Å². The number of anilines is 3. The van der Waals surface area contributed by atoms with Crippen molar-refractivity contribution < 1.29 is 0 Å². The summed E-state index contributed by atoms with van der Waals surface area (Å²) < 4.78 is 5.04. The molecule has 2 aromatic heterocycles. The summed E-state index contributed by atoms with van der Waals surface area (Å²) in [5.74, 6) is 0. The van der Waals surface area contributed by atoms with Gasteiger partial charge in [0, 0.05) is 59.0 Å². The molecule has 0 N–H and O–H groups in total. The highest BCUT2D eigenvalue weighted by molar-refractivity contribution is 7.25. The van der Waals surface area contributed by atoms with Crippen LogP contribution in [-0.2, 0) is 0 Å². The third-order valence-corrected chi connectivity index (χ3v) is 12.1. The second-order valence-electron chi connectivity index (χ2n) is 14.1. The molecule has 0 amide bonds. The van der Waals surface area contributed by atoms with Gasteiger partial charge < -0.3 is 9.47 Å². The zero-order valence-corrected chi connectivity index (χ0v) is 30.7. The smallest absolute Gasteiger partial charge is 0.0619 e. The van der Waals surface area contributed by atoms with Gasteiger partial charge in [-0.2, -0.15) is 0 Å². The highest BCUT2D eigenvalue weighted by Gasteiger charge is 2.19. The molecule has 9 aromatic carbocycles. The predicted molar refractivity (Wildman–Crippen MR) is 237 cm³/mol. The van der Waals surface area contributed by atoms with Crippen LogP contribution in [-0.4, -0.2) is 4.57 Å². The van der Waals surface area contributed by atoms with Gasteiger partial charge in [-0.05, 0) is 88.8 Å². The average molecular weight is 719 g/mol. The molecule has 3 heteroatoms. The van der Waals surface area contributed by atoms with Crippen LogP contribution in [0.1, 0.15) is 0 Å². The fraction of sp³-hybridized carbons (Fsp3) is 0. The summed E-state index contributed by atoms with van der Waals surface area (Å²) in [6.07, 6.45) is 0. The van der Waals surface area contributed by atoms with E-state index in [0.717, 1.165) is 17.1 Å². The molecule has 2 heterocycles. The maximum Gasteiger partial charge on any atom is 0.0619 e. The summed E-state index contributed by atoms with van der Waals surface area (Å²) in [4.78, 5) is 2.42. The van der Waals surface area contributed by atoms with Crippen molar-refractivity contribution >= 4 is 81.1 Å². The standard InChI is InChI=1S/C52H34N2S/c1-3-13-36(14-4-1)42-17-7-10-20-48(42)53(41-30-32-51-47(34-41)44-19-9-12-22-50(44)55-51)40-28-25-35(26-29-40)38-24-23-37-27-31-45-43-18-8-11-21-49(43)54(52(45)46(37)33-38)39-15-5-2-6-16-39/h1-34H. The molecule has 0 fully saturated rings. The number of benzene rings is 9. The molecule has 0 aliphatic carbocycles. The number of para-hydroxylation sites is 3. The van der Waals surface area contributed by atoms with Crippen molar-refractivity contribution in [3.63, 3.8) is 0 Å². The third-order valence-electron chi connectivity index (χ3n) is 11.0. The van der Waals surface area contributed by atoms with Gasteiger partial charge in [0.1, 0.15) is 0 Å². The van der Waals surface area contributed by atoms with E-state index in [4.69, 9.17) is 0 Å². The van der Waals surface area contributed by atoms with Crippen molar-refractivity contribution in [1.29, 1.82) is 0 Å². The average Bonchev–Trinajstić information content (AvgIpc) is 3.81. The van der Waals surface area contributed by atoms with Gasteiger partial charge in [-0.3, -0.25) is 0 Å². The fourth-order valence-corrected chi connectivity index (χ4v) is 9.50. The highest BCUT2D eigenvalue weighted by Crippen LogP contribution is 2.44. The Morgan fingerprint density at radius 1 is 0.382 bits per heavy atom. The van der Waals surface area contributed by atoms with Crippen LogP contribution in [0, 0.1) is 0 Å². The fourth-order valence-electron chi connectivity index (χ4n) is 8.42. The summed E-state index contributed by atoms with van der Waals surface area (Å²) in [7, 11) is 0. The Kier molecular flexibility index (Phi) is 7.39. The van der Waals surface area contributed by atoms with Gasteiger partial charge in [0.25, 0.3) is 0 Å². The van der Waals surface area contributed by atoms with E-state index in [0.29, 0.717) is 0 Å². The van der Waals surface area contributed by atoms with E-state index in [9.17, 15) is 0 Å². The SMILES string of the molecule is c1ccc(-c2ccccc2N(c2ccc(-c3ccc4ccc5c6ccccc6n(-c6ccccc6)c5c4c3)cc2)c2ccc3sc4ccccc4c3c2)cc1. The number of hydrogen-bond acceptors (Lipinski definition) is 2. The maximum absolute atomic E-state index is 2.43. The second-order valence-corrected chi connectivity index (χ2v) is 15.2. The number of fused-ring (bicyclic) bond motifs is 8. The summed E-state index contributed by atoms with van der Waals surface area (Å²) in [5, 5.41) is 7.59. The second kappa shape index (κ2) is 12.9. The van der Waals surface area contributed by atoms with Crippen LogP contribution in [0.3, 0.4) is 0 Å². The molecule has 0 spiro atoms. The van der Waals surface area contributed by atoms with Crippen molar-refractivity contribution in [1.82, 2.24) is 4.57 Å². The number of rotatable bonds is 6. The maximum atomic E-state index is 2.43. The van der Waals surface area contributed by atoms with Crippen molar-refractivity contribution in [2.75, 3.05) is 4.90 Å². The van der Waals surface area contributed by atoms with Crippen LogP contribution < -0.4 is 4.90 Å². The van der Waals surface area contributed by atoms with E-state index >= 15 is 0 Å². The van der Waals surface area contributed by atoms with Crippen molar-refractivity contribution in [2.24, 2.45) is 0 Å². The Morgan fingerprint density at radius 3 is 1.89 bits per heavy atom. The van der Waals surface area contributed by atoms with E-state index in [1.807, 2.05) is 11.3 Å². The predicted octanol–water partition coefficient (Wildman–Crippen LogP) is 15.1. The molecule has 0 aliphatic rings. The van der Waals surface area contributed by atoms with Crippen molar-refractivity contribution in [3.05, 3.63) is 206 Å². The Morgan fingerprint density at radius 2 is 1.04 bits per heavy atom. The summed E-state index contributed by atoms with van der Waals surface area (Å²) in [6.45, 7) is 0. The monoisotopic (exact) mass is 718 g/mol. The number of thiophene rings is 1. The molecule has 0 aliphatic heterocycles. The Bertz CT molecular complexity index is 3190. The summed E-state index contributed by atoms with van der Waals surface area (Å²) in [5.41, 5.74) is 11.8. The van der Waals surface area contributed by atoms with Gasteiger partial charge in [0.15, 0.2) is 0 Å². The first-order chi connectivity index (χ1) is 27.3. The van der Waals surface area contributed by atoms with E-state index in [1.54, 1.807) is 0 Å². The molecule has 0 unspecified atom stereocenters. The molecule has 11 rings (SSSR count). The third kappa shape index (κ3) is 5.24. The molecule has 55 heavy (non-hydrogen) atoms. The van der Waals surface area contributed by atoms with Gasteiger partial charge in [-0.15, -0.1) is 11.3 Å². The minimum atomic E-state index is 1.11. The Hall–Kier alpha value is -6.94. The molecule has 0 saturated heterocycles. The molecule has 0 radical (unpaired) electrons. The molecular formula is C52H34N2S. The lowest BCUT2D eigenvalue weighted by atomic mass is 9.98. The number of aromatic nitrogens is 1. The molecular weight excluding hydrogens is 685 g/mol. The van der Waals surface area contributed by atoms with Crippen LogP contribution in [0.2, 0.25) is 0 Å². The first-order valence-corrected chi connectivity index (χ1v) is 19.6. The zero-order valence-electron chi connectivity index (χ0n) is 29.9. The summed E-state index contributed by atoms with van der Waals surface area (Å²) >= 11 is 1.86.